The summed E-state index contributed by atoms with van der Waals surface area (Å²) in [5, 5.41) is 6.71. The third kappa shape index (κ3) is 4.91. The number of carbonyl (C=O) groups is 1. The van der Waals surface area contributed by atoms with Crippen molar-refractivity contribution < 1.29 is 9.53 Å². The number of benzene rings is 1. The van der Waals surface area contributed by atoms with Crippen molar-refractivity contribution in [3.05, 3.63) is 46.9 Å². The Bertz CT molecular complexity index is 748. The first kappa shape index (κ1) is 18.6. The van der Waals surface area contributed by atoms with Gasteiger partial charge in [-0.15, -0.1) is 0 Å². The van der Waals surface area contributed by atoms with Gasteiger partial charge >= 0.3 is 0 Å². The van der Waals surface area contributed by atoms with Gasteiger partial charge in [0.15, 0.2) is 0 Å². The SMILES string of the molecule is Cc1c(Cl)cccc1Nc1cnc(C(=O)NCCN2CCOCC2)cn1. The van der Waals surface area contributed by atoms with E-state index in [2.05, 4.69) is 25.5 Å². The zero-order valence-electron chi connectivity index (χ0n) is 14.7. The summed E-state index contributed by atoms with van der Waals surface area (Å²) < 4.78 is 5.30. The van der Waals surface area contributed by atoms with Gasteiger partial charge in [-0.2, -0.15) is 0 Å². The van der Waals surface area contributed by atoms with E-state index in [0.29, 0.717) is 23.1 Å². The van der Waals surface area contributed by atoms with Crippen LogP contribution < -0.4 is 10.6 Å². The molecule has 1 aromatic heterocycles. The maximum atomic E-state index is 12.2. The second-order valence-corrected chi connectivity index (χ2v) is 6.44. The summed E-state index contributed by atoms with van der Waals surface area (Å²) in [5.74, 6) is 0.330. The largest absolute Gasteiger partial charge is 0.379 e. The predicted molar refractivity (Wildman–Crippen MR) is 101 cm³/mol. The number of rotatable bonds is 6. The minimum absolute atomic E-state index is 0.226. The first-order valence-corrected chi connectivity index (χ1v) is 8.94. The lowest BCUT2D eigenvalue weighted by molar-refractivity contribution is 0.0383. The molecule has 1 fully saturated rings. The van der Waals surface area contributed by atoms with Gasteiger partial charge in [-0.3, -0.25) is 9.69 Å². The molecule has 7 nitrogen and oxygen atoms in total. The number of hydrogen-bond donors (Lipinski definition) is 2. The molecule has 1 aromatic carbocycles. The number of amides is 1. The molecule has 2 N–H and O–H groups in total. The number of anilines is 2. The van der Waals surface area contributed by atoms with E-state index in [0.717, 1.165) is 44.1 Å². The van der Waals surface area contributed by atoms with Gasteiger partial charge in [-0.25, -0.2) is 9.97 Å². The molecule has 138 valence electrons. The van der Waals surface area contributed by atoms with Gasteiger partial charge in [0.05, 0.1) is 25.6 Å². The number of nitrogens with one attached hydrogen (secondary N) is 2. The Kier molecular flexibility index (Phi) is 6.38. The number of nitrogens with zero attached hydrogens (tertiary/aromatic N) is 3. The van der Waals surface area contributed by atoms with Gasteiger partial charge in [0, 0.05) is 36.9 Å². The normalized spacial score (nSPS) is 14.8. The van der Waals surface area contributed by atoms with Crippen LogP contribution in [0.3, 0.4) is 0 Å². The molecular formula is C18H22ClN5O2. The van der Waals surface area contributed by atoms with Crippen LogP contribution in [0.1, 0.15) is 16.1 Å². The molecule has 0 radical (unpaired) electrons. The van der Waals surface area contributed by atoms with Crippen molar-refractivity contribution in [3.63, 3.8) is 0 Å². The van der Waals surface area contributed by atoms with Crippen molar-refractivity contribution in [1.82, 2.24) is 20.2 Å². The fourth-order valence-corrected chi connectivity index (χ4v) is 2.81. The van der Waals surface area contributed by atoms with E-state index in [-0.39, 0.29) is 5.91 Å². The van der Waals surface area contributed by atoms with Crippen LogP contribution in [0.2, 0.25) is 5.02 Å². The summed E-state index contributed by atoms with van der Waals surface area (Å²) >= 11 is 6.11. The molecule has 0 aliphatic carbocycles. The lowest BCUT2D eigenvalue weighted by Gasteiger charge is -2.26. The third-order valence-corrected chi connectivity index (χ3v) is 4.64. The average molecular weight is 376 g/mol. The number of hydrogen-bond acceptors (Lipinski definition) is 6. The maximum Gasteiger partial charge on any atom is 0.271 e. The maximum absolute atomic E-state index is 12.2. The highest BCUT2D eigenvalue weighted by molar-refractivity contribution is 6.31. The Balaban J connectivity index is 1.51. The van der Waals surface area contributed by atoms with E-state index in [1.807, 2.05) is 25.1 Å². The summed E-state index contributed by atoms with van der Waals surface area (Å²) in [7, 11) is 0. The highest BCUT2D eigenvalue weighted by atomic mass is 35.5. The monoisotopic (exact) mass is 375 g/mol. The van der Waals surface area contributed by atoms with Gasteiger partial charge in [0.25, 0.3) is 5.91 Å². The molecule has 2 heterocycles. The Morgan fingerprint density at radius 2 is 2.08 bits per heavy atom. The second kappa shape index (κ2) is 8.93. The van der Waals surface area contributed by atoms with Crippen molar-refractivity contribution >= 4 is 29.0 Å². The molecule has 0 spiro atoms. The van der Waals surface area contributed by atoms with E-state index < -0.39 is 0 Å². The molecule has 26 heavy (non-hydrogen) atoms. The third-order valence-electron chi connectivity index (χ3n) is 4.23. The van der Waals surface area contributed by atoms with E-state index in [1.165, 1.54) is 12.4 Å². The van der Waals surface area contributed by atoms with E-state index in [4.69, 9.17) is 16.3 Å². The summed E-state index contributed by atoms with van der Waals surface area (Å²) in [4.78, 5) is 22.9. The molecule has 0 saturated carbocycles. The van der Waals surface area contributed by atoms with Crippen LogP contribution >= 0.6 is 11.6 Å². The van der Waals surface area contributed by atoms with Crippen LogP contribution in [-0.4, -0.2) is 60.2 Å². The summed E-state index contributed by atoms with van der Waals surface area (Å²) in [5.41, 5.74) is 2.08. The van der Waals surface area contributed by atoms with Crippen molar-refractivity contribution in [1.29, 1.82) is 0 Å². The molecule has 0 unspecified atom stereocenters. The highest BCUT2D eigenvalue weighted by Gasteiger charge is 2.12. The predicted octanol–water partition coefficient (Wildman–Crippen LogP) is 2.24. The van der Waals surface area contributed by atoms with E-state index in [9.17, 15) is 4.79 Å². The zero-order chi connectivity index (χ0) is 18.4. The summed E-state index contributed by atoms with van der Waals surface area (Å²) in [6.07, 6.45) is 3.00. The fraction of sp³-hybridized carbons (Fsp3) is 0.389. The zero-order valence-corrected chi connectivity index (χ0v) is 15.4. The van der Waals surface area contributed by atoms with Crippen LogP contribution in [-0.2, 0) is 4.74 Å². The lowest BCUT2D eigenvalue weighted by atomic mass is 10.2. The van der Waals surface area contributed by atoms with Crippen LogP contribution in [0, 0.1) is 6.92 Å². The molecular weight excluding hydrogens is 354 g/mol. The summed E-state index contributed by atoms with van der Waals surface area (Å²) in [6.45, 7) is 6.60. The topological polar surface area (TPSA) is 79.4 Å². The standard InChI is InChI=1S/C18H22ClN5O2/c1-13-14(19)3-2-4-15(13)23-17-12-21-16(11-22-17)18(25)20-5-6-24-7-9-26-10-8-24/h2-4,11-12H,5-10H2,1H3,(H,20,25)(H,22,23). The minimum Gasteiger partial charge on any atom is -0.379 e. The highest BCUT2D eigenvalue weighted by Crippen LogP contribution is 2.25. The smallest absolute Gasteiger partial charge is 0.271 e. The molecule has 8 heteroatoms. The van der Waals surface area contributed by atoms with E-state index in [1.54, 1.807) is 0 Å². The van der Waals surface area contributed by atoms with Crippen molar-refractivity contribution in [2.45, 2.75) is 6.92 Å². The van der Waals surface area contributed by atoms with Gasteiger partial charge in [0.1, 0.15) is 11.5 Å². The summed E-state index contributed by atoms with van der Waals surface area (Å²) in [6, 6.07) is 5.61. The van der Waals surface area contributed by atoms with Crippen molar-refractivity contribution in [2.75, 3.05) is 44.7 Å². The van der Waals surface area contributed by atoms with Crippen molar-refractivity contribution in [2.24, 2.45) is 0 Å². The fourth-order valence-electron chi connectivity index (χ4n) is 2.63. The second-order valence-electron chi connectivity index (χ2n) is 6.03. The first-order valence-electron chi connectivity index (χ1n) is 8.56. The Hall–Kier alpha value is -2.22. The molecule has 1 amide bonds. The number of carbonyl (C=O) groups excluding carboxylic acids is 1. The van der Waals surface area contributed by atoms with Crippen LogP contribution in [0.15, 0.2) is 30.6 Å². The van der Waals surface area contributed by atoms with Crippen molar-refractivity contribution in [3.8, 4) is 0 Å². The Labute approximate surface area is 157 Å². The minimum atomic E-state index is -0.226. The molecule has 3 rings (SSSR count). The van der Waals surface area contributed by atoms with Gasteiger partial charge in [0.2, 0.25) is 0 Å². The van der Waals surface area contributed by atoms with Crippen LogP contribution in [0.5, 0.6) is 0 Å². The number of morpholine rings is 1. The number of ether oxygens (including phenoxy) is 1. The number of aromatic nitrogens is 2. The quantitative estimate of drug-likeness (QED) is 0.806. The lowest BCUT2D eigenvalue weighted by Crippen LogP contribution is -2.41. The van der Waals surface area contributed by atoms with Crippen LogP contribution in [0.4, 0.5) is 11.5 Å². The van der Waals surface area contributed by atoms with Gasteiger partial charge in [-0.1, -0.05) is 17.7 Å². The Morgan fingerprint density at radius 1 is 1.27 bits per heavy atom. The molecule has 0 atom stereocenters. The molecule has 1 aliphatic rings. The average Bonchev–Trinajstić information content (AvgIpc) is 2.67. The Morgan fingerprint density at radius 3 is 2.81 bits per heavy atom. The molecule has 0 bridgehead atoms. The molecule has 1 aliphatic heterocycles. The van der Waals surface area contributed by atoms with E-state index >= 15 is 0 Å². The van der Waals surface area contributed by atoms with Crippen LogP contribution in [0.25, 0.3) is 0 Å². The van der Waals surface area contributed by atoms with Gasteiger partial charge < -0.3 is 15.4 Å². The van der Waals surface area contributed by atoms with Gasteiger partial charge in [-0.05, 0) is 24.6 Å². The number of halogens is 1. The first-order chi connectivity index (χ1) is 12.6. The molecule has 2 aromatic rings. The molecule has 1 saturated heterocycles.